The van der Waals surface area contributed by atoms with E-state index in [1.54, 1.807) is 25.1 Å². The van der Waals surface area contributed by atoms with Crippen LogP contribution in [0.25, 0.3) is 38.7 Å². The van der Waals surface area contributed by atoms with Crippen LogP contribution >= 0.6 is 11.3 Å². The molecule has 3 aromatic heterocycles. The van der Waals surface area contributed by atoms with Crippen molar-refractivity contribution < 1.29 is 26.7 Å². The highest BCUT2D eigenvalue weighted by Gasteiger charge is 2.29. The summed E-state index contributed by atoms with van der Waals surface area (Å²) in [7, 11) is -3.44. The van der Waals surface area contributed by atoms with E-state index in [2.05, 4.69) is 0 Å². The number of carbonyl (C=O) groups is 1. The predicted octanol–water partition coefficient (Wildman–Crippen LogP) is 7.40. The lowest BCUT2D eigenvalue weighted by Crippen LogP contribution is -2.39. The second-order valence-electron chi connectivity index (χ2n) is 11.8. The topological polar surface area (TPSA) is 93.9 Å². The number of esters is 1. The maximum Gasteiger partial charge on any atom is 0.302 e. The standard InChI is InChI=1S/C35H36F2N4O4S2/c1-4-30-34(29-12-11-28(22(2)33(29)37)35-39-31(21-46-35)25-6-9-27(36)10-7-25)41-20-26(8-13-32(41)38-30)24-14-16-40(17-15-24)47(43,44)19-5-18-45-23(3)42/h6-13,20-21,24H,4-5,14-19H2,1-3H3. The summed E-state index contributed by atoms with van der Waals surface area (Å²) in [6.07, 6.45) is 4.22. The van der Waals surface area contributed by atoms with Crippen molar-refractivity contribution in [1.29, 1.82) is 0 Å². The molecule has 0 saturated carbocycles. The van der Waals surface area contributed by atoms with Crippen LogP contribution in [-0.2, 0) is 26.0 Å². The summed E-state index contributed by atoms with van der Waals surface area (Å²) in [6, 6.07) is 13.8. The van der Waals surface area contributed by atoms with Gasteiger partial charge in [-0.25, -0.2) is 31.5 Å². The molecule has 0 atom stereocenters. The molecular formula is C35H36F2N4O4S2. The number of pyridine rings is 1. The number of rotatable bonds is 10. The number of imidazole rings is 1. The average molecular weight is 679 g/mol. The first-order chi connectivity index (χ1) is 22.6. The van der Waals surface area contributed by atoms with Crippen molar-refractivity contribution in [2.75, 3.05) is 25.4 Å². The lowest BCUT2D eigenvalue weighted by Gasteiger charge is -2.31. The number of aromatic nitrogens is 3. The Kier molecular flexibility index (Phi) is 9.54. The molecule has 2 aromatic carbocycles. The molecule has 0 radical (unpaired) electrons. The van der Waals surface area contributed by atoms with Gasteiger partial charge in [-0.2, -0.15) is 0 Å². The van der Waals surface area contributed by atoms with Gasteiger partial charge in [0.05, 0.1) is 29.4 Å². The van der Waals surface area contributed by atoms with E-state index in [0.29, 0.717) is 65.4 Å². The summed E-state index contributed by atoms with van der Waals surface area (Å²) in [5.74, 6) is -0.991. The molecule has 12 heteroatoms. The van der Waals surface area contributed by atoms with E-state index in [4.69, 9.17) is 14.7 Å². The molecule has 0 unspecified atom stereocenters. The number of halogens is 2. The zero-order valence-corrected chi connectivity index (χ0v) is 28.1. The van der Waals surface area contributed by atoms with E-state index in [0.717, 1.165) is 22.5 Å². The molecule has 1 saturated heterocycles. The summed E-state index contributed by atoms with van der Waals surface area (Å²) in [5, 5.41) is 2.57. The molecule has 1 aliphatic rings. The normalized spacial score (nSPS) is 14.6. The van der Waals surface area contributed by atoms with Gasteiger partial charge in [-0.05, 0) is 86.1 Å². The molecule has 0 aliphatic carbocycles. The van der Waals surface area contributed by atoms with Crippen molar-refractivity contribution in [3.05, 3.63) is 88.6 Å². The highest BCUT2D eigenvalue weighted by molar-refractivity contribution is 7.89. The summed E-state index contributed by atoms with van der Waals surface area (Å²) in [5.41, 5.74) is 6.40. The van der Waals surface area contributed by atoms with Gasteiger partial charge >= 0.3 is 5.97 Å². The maximum absolute atomic E-state index is 16.3. The first-order valence-corrected chi connectivity index (χ1v) is 18.2. The Morgan fingerprint density at radius 3 is 2.45 bits per heavy atom. The smallest absolute Gasteiger partial charge is 0.302 e. The number of carbonyl (C=O) groups excluding carboxylic acids is 1. The average Bonchev–Trinajstić information content (AvgIpc) is 3.70. The van der Waals surface area contributed by atoms with Gasteiger partial charge in [-0.3, -0.25) is 9.20 Å². The third kappa shape index (κ3) is 6.86. The minimum atomic E-state index is -3.44. The monoisotopic (exact) mass is 678 g/mol. The first-order valence-electron chi connectivity index (χ1n) is 15.7. The van der Waals surface area contributed by atoms with Crippen molar-refractivity contribution in [1.82, 2.24) is 18.7 Å². The van der Waals surface area contributed by atoms with Crippen molar-refractivity contribution >= 4 is 33.0 Å². The molecule has 1 aliphatic heterocycles. The zero-order chi connectivity index (χ0) is 33.3. The molecule has 0 N–H and O–H groups in total. The summed E-state index contributed by atoms with van der Waals surface area (Å²) < 4.78 is 63.8. The van der Waals surface area contributed by atoms with Gasteiger partial charge in [0, 0.05) is 48.3 Å². The molecular weight excluding hydrogens is 643 g/mol. The van der Waals surface area contributed by atoms with Crippen LogP contribution in [0.3, 0.4) is 0 Å². The fourth-order valence-electron chi connectivity index (χ4n) is 6.19. The van der Waals surface area contributed by atoms with Gasteiger partial charge in [0.1, 0.15) is 22.3 Å². The molecule has 4 heterocycles. The van der Waals surface area contributed by atoms with E-state index in [-0.39, 0.29) is 36.3 Å². The number of piperidine rings is 1. The summed E-state index contributed by atoms with van der Waals surface area (Å²) in [4.78, 5) is 20.5. The summed E-state index contributed by atoms with van der Waals surface area (Å²) >= 11 is 1.42. The number of thiazole rings is 1. The maximum atomic E-state index is 16.3. The van der Waals surface area contributed by atoms with Crippen molar-refractivity contribution in [2.24, 2.45) is 0 Å². The lowest BCUT2D eigenvalue weighted by atomic mass is 9.91. The Morgan fingerprint density at radius 1 is 1.02 bits per heavy atom. The van der Waals surface area contributed by atoms with Crippen LogP contribution in [0.5, 0.6) is 0 Å². The van der Waals surface area contributed by atoms with Crippen LogP contribution in [0.2, 0.25) is 0 Å². The van der Waals surface area contributed by atoms with E-state index in [1.807, 2.05) is 41.1 Å². The molecule has 0 amide bonds. The number of aryl methyl sites for hydroxylation is 1. The molecule has 0 bridgehead atoms. The Hall–Kier alpha value is -4.00. The van der Waals surface area contributed by atoms with Gasteiger partial charge in [-0.15, -0.1) is 11.3 Å². The third-order valence-electron chi connectivity index (χ3n) is 8.74. The highest BCUT2D eigenvalue weighted by atomic mass is 32.2. The SMILES string of the molecule is CCc1nc2ccc(C3CCN(S(=O)(=O)CCCOC(C)=O)CC3)cn2c1-c1ccc(-c2nc(-c3ccc(F)cc3)cs2)c(C)c1F. The van der Waals surface area contributed by atoms with E-state index >= 15 is 4.39 Å². The van der Waals surface area contributed by atoms with Crippen LogP contribution < -0.4 is 0 Å². The molecule has 47 heavy (non-hydrogen) atoms. The number of sulfonamides is 1. The number of hydrogen-bond donors (Lipinski definition) is 0. The van der Waals surface area contributed by atoms with Gasteiger partial charge < -0.3 is 4.74 Å². The Labute approximate surface area is 277 Å². The van der Waals surface area contributed by atoms with Crippen LogP contribution in [0.4, 0.5) is 8.78 Å². The predicted molar refractivity (Wildman–Crippen MR) is 180 cm³/mol. The Bertz CT molecular complexity index is 2030. The third-order valence-corrected chi connectivity index (χ3v) is 11.6. The number of hydrogen-bond acceptors (Lipinski definition) is 7. The quantitative estimate of drug-likeness (QED) is 0.113. The van der Waals surface area contributed by atoms with Crippen molar-refractivity contribution in [3.8, 4) is 33.1 Å². The molecule has 246 valence electrons. The first kappa shape index (κ1) is 32.9. The van der Waals surface area contributed by atoms with Crippen LogP contribution in [0.15, 0.2) is 60.1 Å². The summed E-state index contributed by atoms with van der Waals surface area (Å²) in [6.45, 7) is 5.96. The number of ether oxygens (including phenoxy) is 1. The fraction of sp³-hybridized carbons (Fsp3) is 0.343. The number of benzene rings is 2. The van der Waals surface area contributed by atoms with Crippen molar-refractivity contribution in [2.45, 2.75) is 52.4 Å². The van der Waals surface area contributed by atoms with Crippen molar-refractivity contribution in [3.63, 3.8) is 0 Å². The molecule has 8 nitrogen and oxygen atoms in total. The van der Waals surface area contributed by atoms with E-state index in [9.17, 15) is 17.6 Å². The Morgan fingerprint density at radius 2 is 1.74 bits per heavy atom. The van der Waals surface area contributed by atoms with E-state index in [1.165, 1.54) is 34.7 Å². The molecule has 5 aromatic rings. The molecule has 0 spiro atoms. The minimum absolute atomic E-state index is 0.0587. The van der Waals surface area contributed by atoms with Gasteiger partial charge in [0.2, 0.25) is 10.0 Å². The largest absolute Gasteiger partial charge is 0.466 e. The molecule has 1 fully saturated rings. The second kappa shape index (κ2) is 13.6. The Balaban J connectivity index is 1.24. The number of fused-ring (bicyclic) bond motifs is 1. The minimum Gasteiger partial charge on any atom is -0.466 e. The molecule has 6 rings (SSSR count). The number of nitrogens with zero attached hydrogens (tertiary/aromatic N) is 4. The van der Waals surface area contributed by atoms with Crippen LogP contribution in [0, 0.1) is 18.6 Å². The highest BCUT2D eigenvalue weighted by Crippen LogP contribution is 2.38. The van der Waals surface area contributed by atoms with Gasteiger partial charge in [0.25, 0.3) is 0 Å². The lowest BCUT2D eigenvalue weighted by molar-refractivity contribution is -0.140. The zero-order valence-electron chi connectivity index (χ0n) is 26.5. The van der Waals surface area contributed by atoms with Gasteiger partial charge in [-0.1, -0.05) is 19.1 Å². The second-order valence-corrected chi connectivity index (χ2v) is 14.7. The van der Waals surface area contributed by atoms with Gasteiger partial charge in [0.15, 0.2) is 0 Å². The fourth-order valence-corrected chi connectivity index (χ4v) is 8.61. The van der Waals surface area contributed by atoms with Crippen LogP contribution in [-0.4, -0.2) is 58.5 Å². The van der Waals surface area contributed by atoms with Crippen LogP contribution in [0.1, 0.15) is 55.8 Å². The van der Waals surface area contributed by atoms with E-state index < -0.39 is 16.0 Å².